The molecule has 0 fully saturated rings. The average molecular weight is 409 g/mol. The molecule has 0 saturated heterocycles. The lowest BCUT2D eigenvalue weighted by Gasteiger charge is -2.21. The van der Waals surface area contributed by atoms with Crippen molar-refractivity contribution in [3.63, 3.8) is 0 Å². The van der Waals surface area contributed by atoms with Crippen molar-refractivity contribution in [3.8, 4) is 0 Å². The quantitative estimate of drug-likeness (QED) is 0.642. The second-order valence-corrected chi connectivity index (χ2v) is 7.83. The van der Waals surface area contributed by atoms with Gasteiger partial charge in [-0.2, -0.15) is 0 Å². The standard InChI is InChI=1S/C19H18Cl2N2O2S/c1-3-14-10(15(24)4-2)8-11-16(22)18(26-19(11)23-14)17(25)9-5-6-12(20)13(21)7-9/h5-7,23H,3-4,8,22H2,1-2H3. The molecule has 2 aromatic rings. The molecule has 0 atom stereocenters. The highest BCUT2D eigenvalue weighted by molar-refractivity contribution is 7.19. The van der Waals surface area contributed by atoms with Gasteiger partial charge in [0.05, 0.1) is 20.7 Å². The number of anilines is 2. The Morgan fingerprint density at radius 3 is 2.58 bits per heavy atom. The number of hydrogen-bond donors (Lipinski definition) is 2. The van der Waals surface area contributed by atoms with Crippen LogP contribution in [0.15, 0.2) is 29.5 Å². The molecule has 0 spiro atoms. The lowest BCUT2D eigenvalue weighted by molar-refractivity contribution is -0.115. The van der Waals surface area contributed by atoms with Crippen molar-refractivity contribution in [2.45, 2.75) is 33.1 Å². The van der Waals surface area contributed by atoms with Crippen LogP contribution in [0.4, 0.5) is 10.7 Å². The highest BCUT2D eigenvalue weighted by atomic mass is 35.5. The number of benzene rings is 1. The van der Waals surface area contributed by atoms with E-state index in [1.165, 1.54) is 11.3 Å². The van der Waals surface area contributed by atoms with Crippen molar-refractivity contribution in [3.05, 3.63) is 55.5 Å². The predicted molar refractivity (Wildman–Crippen MR) is 109 cm³/mol. The molecule has 2 heterocycles. The van der Waals surface area contributed by atoms with Crippen molar-refractivity contribution < 1.29 is 9.59 Å². The zero-order chi connectivity index (χ0) is 19.0. The van der Waals surface area contributed by atoms with Gasteiger partial charge in [0.2, 0.25) is 5.78 Å². The van der Waals surface area contributed by atoms with E-state index in [1.54, 1.807) is 18.2 Å². The van der Waals surface area contributed by atoms with Gasteiger partial charge in [-0.25, -0.2) is 0 Å². The number of fused-ring (bicyclic) bond motifs is 1. The first-order valence-corrected chi connectivity index (χ1v) is 9.87. The van der Waals surface area contributed by atoms with Crippen LogP contribution in [-0.2, 0) is 11.2 Å². The molecule has 26 heavy (non-hydrogen) atoms. The number of nitrogens with one attached hydrogen (secondary N) is 1. The molecule has 0 radical (unpaired) electrons. The molecule has 1 aromatic carbocycles. The Kier molecular flexibility index (Phi) is 5.42. The van der Waals surface area contributed by atoms with Gasteiger partial charge in [-0.3, -0.25) is 9.59 Å². The van der Waals surface area contributed by atoms with Gasteiger partial charge in [0, 0.05) is 35.2 Å². The summed E-state index contributed by atoms with van der Waals surface area (Å²) in [5.74, 6) is -0.105. The van der Waals surface area contributed by atoms with Crippen LogP contribution in [0.3, 0.4) is 0 Å². The SMILES string of the molecule is CCC(=O)C1=C(CC)Nc2sc(C(=O)c3ccc(Cl)c(Cl)c3)c(N)c2C1. The fourth-order valence-electron chi connectivity index (χ4n) is 2.97. The first-order valence-electron chi connectivity index (χ1n) is 8.30. The zero-order valence-electron chi connectivity index (χ0n) is 14.4. The van der Waals surface area contributed by atoms with Crippen LogP contribution in [0.25, 0.3) is 0 Å². The molecular formula is C19H18Cl2N2O2S. The van der Waals surface area contributed by atoms with Gasteiger partial charge in [-0.05, 0) is 24.6 Å². The largest absolute Gasteiger partial charge is 0.397 e. The van der Waals surface area contributed by atoms with E-state index in [-0.39, 0.29) is 11.6 Å². The highest BCUT2D eigenvalue weighted by Gasteiger charge is 2.28. The van der Waals surface area contributed by atoms with Gasteiger partial charge in [-0.15, -0.1) is 11.3 Å². The number of halogens is 2. The number of thiophene rings is 1. The monoisotopic (exact) mass is 408 g/mol. The summed E-state index contributed by atoms with van der Waals surface area (Å²) in [6.07, 6.45) is 1.61. The van der Waals surface area contributed by atoms with Gasteiger partial charge in [-0.1, -0.05) is 37.0 Å². The third kappa shape index (κ3) is 3.27. The van der Waals surface area contributed by atoms with E-state index in [2.05, 4.69) is 5.32 Å². The maximum atomic E-state index is 12.9. The van der Waals surface area contributed by atoms with Crippen molar-refractivity contribution in [2.24, 2.45) is 0 Å². The fourth-order valence-corrected chi connectivity index (χ4v) is 4.40. The number of nitrogen functional groups attached to an aromatic ring is 1. The van der Waals surface area contributed by atoms with Crippen LogP contribution in [0, 0.1) is 0 Å². The summed E-state index contributed by atoms with van der Waals surface area (Å²) in [5, 5.41) is 4.84. The van der Waals surface area contributed by atoms with Gasteiger partial charge < -0.3 is 11.1 Å². The van der Waals surface area contributed by atoms with E-state index in [0.717, 1.165) is 21.8 Å². The summed E-state index contributed by atoms with van der Waals surface area (Å²) >= 11 is 13.3. The summed E-state index contributed by atoms with van der Waals surface area (Å²) < 4.78 is 0. The average Bonchev–Trinajstić information content (AvgIpc) is 2.97. The van der Waals surface area contributed by atoms with Crippen molar-refractivity contribution in [1.82, 2.24) is 0 Å². The van der Waals surface area contributed by atoms with Crippen LogP contribution >= 0.6 is 34.5 Å². The molecule has 1 aliphatic rings. The van der Waals surface area contributed by atoms with Crippen molar-refractivity contribution >= 4 is 56.8 Å². The summed E-state index contributed by atoms with van der Waals surface area (Å²) in [4.78, 5) is 25.6. The summed E-state index contributed by atoms with van der Waals surface area (Å²) in [5.41, 5.74) is 9.59. The molecule has 1 aromatic heterocycles. The topological polar surface area (TPSA) is 72.2 Å². The number of carbonyl (C=O) groups is 2. The lowest BCUT2D eigenvalue weighted by Crippen LogP contribution is -2.17. The third-order valence-corrected chi connectivity index (χ3v) is 6.33. The van der Waals surface area contributed by atoms with Gasteiger partial charge in [0.25, 0.3) is 0 Å². The van der Waals surface area contributed by atoms with Gasteiger partial charge >= 0.3 is 0 Å². The molecule has 136 valence electrons. The van der Waals surface area contributed by atoms with Crippen LogP contribution in [0.2, 0.25) is 10.0 Å². The van der Waals surface area contributed by atoms with Crippen LogP contribution in [-0.4, -0.2) is 11.6 Å². The highest BCUT2D eigenvalue weighted by Crippen LogP contribution is 2.43. The predicted octanol–water partition coefficient (Wildman–Crippen LogP) is 5.48. The van der Waals surface area contributed by atoms with Gasteiger partial charge in [0.15, 0.2) is 5.78 Å². The zero-order valence-corrected chi connectivity index (χ0v) is 16.7. The van der Waals surface area contributed by atoms with Gasteiger partial charge in [0.1, 0.15) is 4.88 Å². The van der Waals surface area contributed by atoms with Crippen molar-refractivity contribution in [2.75, 3.05) is 11.1 Å². The number of nitrogens with two attached hydrogens (primary N) is 1. The Bertz CT molecular complexity index is 947. The first kappa shape index (κ1) is 19.0. The number of ketones is 2. The molecule has 0 saturated carbocycles. The van der Waals surface area contributed by atoms with Crippen LogP contribution in [0.1, 0.15) is 47.5 Å². The maximum absolute atomic E-state index is 12.9. The Hall–Kier alpha value is -1.82. The minimum absolute atomic E-state index is 0.1000. The van der Waals surface area contributed by atoms with Crippen LogP contribution < -0.4 is 11.1 Å². The molecule has 0 bridgehead atoms. The third-order valence-electron chi connectivity index (χ3n) is 4.43. The molecule has 0 unspecified atom stereocenters. The number of carbonyl (C=O) groups excluding carboxylic acids is 2. The number of rotatable bonds is 5. The van der Waals surface area contributed by atoms with E-state index in [0.29, 0.717) is 45.4 Å². The molecule has 7 heteroatoms. The van der Waals surface area contributed by atoms with E-state index in [9.17, 15) is 9.59 Å². The molecule has 0 aliphatic carbocycles. The normalized spacial score (nSPS) is 13.4. The number of allylic oxidation sites excluding steroid dienone is 2. The number of Topliss-reactive ketones (excluding diaryl/α,β-unsaturated/α-hetero) is 1. The minimum atomic E-state index is -0.205. The second kappa shape index (κ2) is 7.43. The lowest BCUT2D eigenvalue weighted by atomic mass is 9.94. The second-order valence-electron chi connectivity index (χ2n) is 6.00. The Morgan fingerprint density at radius 1 is 1.23 bits per heavy atom. The molecule has 3 N–H and O–H groups in total. The summed E-state index contributed by atoms with van der Waals surface area (Å²) in [7, 11) is 0. The molecule has 1 aliphatic heterocycles. The molecular weight excluding hydrogens is 391 g/mol. The fraction of sp³-hybridized carbons (Fsp3) is 0.263. The summed E-state index contributed by atoms with van der Waals surface area (Å²) in [6.45, 7) is 3.84. The van der Waals surface area contributed by atoms with E-state index in [1.807, 2.05) is 13.8 Å². The minimum Gasteiger partial charge on any atom is -0.397 e. The Balaban J connectivity index is 2.00. The molecule has 4 nitrogen and oxygen atoms in total. The van der Waals surface area contributed by atoms with E-state index < -0.39 is 0 Å². The van der Waals surface area contributed by atoms with Crippen molar-refractivity contribution in [1.29, 1.82) is 0 Å². The Morgan fingerprint density at radius 2 is 1.96 bits per heavy atom. The van der Waals surface area contributed by atoms with Crippen LogP contribution in [0.5, 0.6) is 0 Å². The molecule has 0 amide bonds. The van der Waals surface area contributed by atoms with E-state index in [4.69, 9.17) is 28.9 Å². The number of hydrogen-bond acceptors (Lipinski definition) is 5. The molecule has 3 rings (SSSR count). The first-order chi connectivity index (χ1) is 12.4. The maximum Gasteiger partial charge on any atom is 0.205 e. The smallest absolute Gasteiger partial charge is 0.205 e. The Labute approximate surface area is 166 Å². The summed E-state index contributed by atoms with van der Waals surface area (Å²) in [6, 6.07) is 4.76. The van der Waals surface area contributed by atoms with E-state index >= 15 is 0 Å².